The fourth-order valence-corrected chi connectivity index (χ4v) is 2.38. The van der Waals surface area contributed by atoms with E-state index in [1.54, 1.807) is 0 Å². The topological polar surface area (TPSA) is 26.3 Å². The number of esters is 1. The fourth-order valence-electron chi connectivity index (χ4n) is 2.38. The van der Waals surface area contributed by atoms with Crippen LogP contribution in [-0.4, -0.2) is 13.1 Å². The average molecular weight is 282 g/mol. The minimum Gasteiger partial charge on any atom is -0.469 e. The molecule has 0 heterocycles. The second-order valence-electron chi connectivity index (χ2n) is 5.76. The highest BCUT2D eigenvalue weighted by Gasteiger charge is 2.00. The lowest BCUT2D eigenvalue weighted by Crippen LogP contribution is -1.99. The maximum absolute atomic E-state index is 10.9. The third-order valence-electron chi connectivity index (χ3n) is 3.77. The predicted molar refractivity (Wildman–Crippen MR) is 86.9 cm³/mol. The first kappa shape index (κ1) is 19.2. The molecule has 0 radical (unpaired) electrons. The molecule has 0 rings (SSSR count). The summed E-state index contributed by atoms with van der Waals surface area (Å²) in [4.78, 5) is 10.9. The third-order valence-corrected chi connectivity index (χ3v) is 3.77. The Morgan fingerprint density at radius 1 is 0.800 bits per heavy atom. The summed E-state index contributed by atoms with van der Waals surface area (Å²) in [5.74, 6) is -0.0857. The van der Waals surface area contributed by atoms with Crippen molar-refractivity contribution >= 4 is 5.97 Å². The minimum absolute atomic E-state index is 0.0857. The lowest BCUT2D eigenvalue weighted by atomic mass is 10.0. The van der Waals surface area contributed by atoms with Gasteiger partial charge < -0.3 is 4.74 Å². The number of carbonyl (C=O) groups excluding carboxylic acids is 1. The lowest BCUT2D eigenvalue weighted by Gasteiger charge is -2.06. The van der Waals surface area contributed by atoms with E-state index in [2.05, 4.69) is 18.2 Å². The van der Waals surface area contributed by atoms with Crippen LogP contribution < -0.4 is 0 Å². The fraction of sp³-hybridized carbons (Fsp3) is 0.833. The molecule has 0 amide bonds. The van der Waals surface area contributed by atoms with Gasteiger partial charge in [-0.15, -0.1) is 0 Å². The van der Waals surface area contributed by atoms with Crippen molar-refractivity contribution in [3.8, 4) is 0 Å². The second-order valence-corrected chi connectivity index (χ2v) is 5.76. The molecule has 0 spiro atoms. The van der Waals surface area contributed by atoms with Gasteiger partial charge in [0.1, 0.15) is 0 Å². The van der Waals surface area contributed by atoms with Crippen molar-refractivity contribution in [3.63, 3.8) is 0 Å². The van der Waals surface area contributed by atoms with E-state index in [4.69, 9.17) is 0 Å². The highest BCUT2D eigenvalue weighted by Crippen LogP contribution is 2.16. The van der Waals surface area contributed by atoms with Crippen LogP contribution in [0.4, 0.5) is 0 Å². The predicted octanol–water partition coefficient (Wildman–Crippen LogP) is 5.81. The molecule has 0 saturated heterocycles. The van der Waals surface area contributed by atoms with Gasteiger partial charge in [0.05, 0.1) is 7.11 Å². The van der Waals surface area contributed by atoms with Crippen molar-refractivity contribution in [2.75, 3.05) is 7.11 Å². The number of ether oxygens (including phenoxy) is 1. The molecule has 2 nitrogen and oxygen atoms in total. The van der Waals surface area contributed by atoms with E-state index in [9.17, 15) is 4.79 Å². The molecule has 0 unspecified atom stereocenters. The minimum atomic E-state index is -0.0857. The van der Waals surface area contributed by atoms with Gasteiger partial charge in [-0.25, -0.2) is 0 Å². The van der Waals surface area contributed by atoms with Gasteiger partial charge in [-0.1, -0.05) is 64.0 Å². The van der Waals surface area contributed by atoms with E-state index in [0.29, 0.717) is 6.42 Å². The average Bonchev–Trinajstić information content (AvgIpc) is 2.46. The van der Waals surface area contributed by atoms with Gasteiger partial charge in [0.2, 0.25) is 0 Å². The first-order valence-corrected chi connectivity index (χ1v) is 8.44. The summed E-state index contributed by atoms with van der Waals surface area (Å²) in [7, 11) is 1.45. The molecular formula is C18H34O2. The van der Waals surface area contributed by atoms with Gasteiger partial charge in [0, 0.05) is 6.42 Å². The van der Waals surface area contributed by atoms with Crippen molar-refractivity contribution < 1.29 is 9.53 Å². The van der Waals surface area contributed by atoms with Gasteiger partial charge in [-0.2, -0.15) is 0 Å². The quantitative estimate of drug-likeness (QED) is 0.228. The summed E-state index contributed by atoms with van der Waals surface area (Å²) in [5, 5.41) is 0. The normalized spacial score (nSPS) is 10.5. The van der Waals surface area contributed by atoms with Crippen LogP contribution in [0.5, 0.6) is 0 Å². The van der Waals surface area contributed by atoms with Crippen LogP contribution in [-0.2, 0) is 9.53 Å². The molecule has 0 aliphatic carbocycles. The van der Waals surface area contributed by atoms with Crippen LogP contribution in [0.1, 0.15) is 90.4 Å². The summed E-state index contributed by atoms with van der Waals surface area (Å²) in [6.07, 6.45) is 15.6. The molecule has 118 valence electrons. The van der Waals surface area contributed by atoms with Crippen LogP contribution in [0, 0.1) is 0 Å². The van der Waals surface area contributed by atoms with Crippen LogP contribution in [0.25, 0.3) is 0 Å². The van der Waals surface area contributed by atoms with Gasteiger partial charge in [-0.3, -0.25) is 4.79 Å². The standard InChI is InChI=1S/C18H34O2/c1-4-5-6-7-8-11-14-17(2)15-12-9-10-13-16-18(19)20-3/h2,4-16H2,1,3H3. The van der Waals surface area contributed by atoms with E-state index in [0.717, 1.165) is 19.3 Å². The second kappa shape index (κ2) is 14.6. The van der Waals surface area contributed by atoms with Crippen LogP contribution in [0.15, 0.2) is 12.2 Å². The first-order chi connectivity index (χ1) is 9.70. The van der Waals surface area contributed by atoms with Crippen LogP contribution in [0.3, 0.4) is 0 Å². The molecule has 0 aromatic carbocycles. The maximum atomic E-state index is 10.9. The number of allylic oxidation sites excluding steroid dienone is 1. The molecule has 0 saturated carbocycles. The Bertz CT molecular complexity index is 246. The summed E-state index contributed by atoms with van der Waals surface area (Å²) in [5.41, 5.74) is 1.41. The molecular weight excluding hydrogens is 248 g/mol. The number of carbonyl (C=O) groups is 1. The number of hydrogen-bond donors (Lipinski definition) is 0. The molecule has 0 aliphatic heterocycles. The van der Waals surface area contributed by atoms with Crippen LogP contribution >= 0.6 is 0 Å². The highest BCUT2D eigenvalue weighted by atomic mass is 16.5. The van der Waals surface area contributed by atoms with Crippen molar-refractivity contribution in [3.05, 3.63) is 12.2 Å². The lowest BCUT2D eigenvalue weighted by molar-refractivity contribution is -0.140. The molecule has 0 aliphatic rings. The Labute approximate surface area is 126 Å². The molecule has 0 fully saturated rings. The van der Waals surface area contributed by atoms with Crippen molar-refractivity contribution in [1.29, 1.82) is 0 Å². The van der Waals surface area contributed by atoms with Crippen molar-refractivity contribution in [2.24, 2.45) is 0 Å². The number of unbranched alkanes of at least 4 members (excludes halogenated alkanes) is 8. The molecule has 0 bridgehead atoms. The zero-order chi connectivity index (χ0) is 15.1. The zero-order valence-corrected chi connectivity index (χ0v) is 13.7. The number of hydrogen-bond acceptors (Lipinski definition) is 2. The Kier molecular flexibility index (Phi) is 14.0. The molecule has 0 aromatic heterocycles. The molecule has 20 heavy (non-hydrogen) atoms. The largest absolute Gasteiger partial charge is 0.469 e. The van der Waals surface area contributed by atoms with Gasteiger partial charge in [0.25, 0.3) is 0 Å². The molecule has 2 heteroatoms. The summed E-state index contributed by atoms with van der Waals surface area (Å²) >= 11 is 0. The van der Waals surface area contributed by atoms with Crippen molar-refractivity contribution in [1.82, 2.24) is 0 Å². The van der Waals surface area contributed by atoms with Gasteiger partial charge in [0.15, 0.2) is 0 Å². The van der Waals surface area contributed by atoms with E-state index < -0.39 is 0 Å². The molecule has 0 N–H and O–H groups in total. The van der Waals surface area contributed by atoms with Crippen LogP contribution in [0.2, 0.25) is 0 Å². The number of methoxy groups -OCH3 is 1. The third kappa shape index (κ3) is 13.6. The van der Waals surface area contributed by atoms with E-state index in [-0.39, 0.29) is 5.97 Å². The summed E-state index contributed by atoms with van der Waals surface area (Å²) < 4.78 is 4.62. The Hall–Kier alpha value is -0.790. The summed E-state index contributed by atoms with van der Waals surface area (Å²) in [6, 6.07) is 0. The van der Waals surface area contributed by atoms with Gasteiger partial charge >= 0.3 is 5.97 Å². The number of rotatable bonds is 14. The van der Waals surface area contributed by atoms with E-state index >= 15 is 0 Å². The zero-order valence-electron chi connectivity index (χ0n) is 13.7. The molecule has 0 aromatic rings. The Morgan fingerprint density at radius 3 is 1.75 bits per heavy atom. The Balaban J connectivity index is 3.22. The molecule has 0 atom stereocenters. The van der Waals surface area contributed by atoms with E-state index in [1.165, 1.54) is 70.5 Å². The monoisotopic (exact) mass is 282 g/mol. The SMILES string of the molecule is C=C(CCCCCCCC)CCCCCCC(=O)OC. The van der Waals surface area contributed by atoms with Crippen molar-refractivity contribution in [2.45, 2.75) is 90.4 Å². The smallest absolute Gasteiger partial charge is 0.305 e. The van der Waals surface area contributed by atoms with Gasteiger partial charge in [-0.05, 0) is 32.1 Å². The van der Waals surface area contributed by atoms with E-state index in [1.807, 2.05) is 0 Å². The first-order valence-electron chi connectivity index (χ1n) is 8.44. The highest BCUT2D eigenvalue weighted by molar-refractivity contribution is 5.68. The maximum Gasteiger partial charge on any atom is 0.305 e. The summed E-state index contributed by atoms with van der Waals surface area (Å²) in [6.45, 7) is 6.43. The Morgan fingerprint density at radius 2 is 1.25 bits per heavy atom.